The SMILES string of the molecule is CNc1cc(CN2CCOC3CCCCC32)ccn1. The maximum absolute atomic E-state index is 5.93. The van der Waals surface area contributed by atoms with Gasteiger partial charge < -0.3 is 10.1 Å². The Bertz CT molecular complexity index is 422. The summed E-state index contributed by atoms with van der Waals surface area (Å²) in [5.41, 5.74) is 1.34. The van der Waals surface area contributed by atoms with Crippen LogP contribution in [0.5, 0.6) is 0 Å². The van der Waals surface area contributed by atoms with E-state index in [1.165, 1.54) is 31.2 Å². The number of pyridine rings is 1. The maximum atomic E-state index is 5.93. The normalized spacial score (nSPS) is 27.8. The molecule has 1 aliphatic carbocycles. The number of anilines is 1. The lowest BCUT2D eigenvalue weighted by atomic mass is 9.90. The lowest BCUT2D eigenvalue weighted by Crippen LogP contribution is -2.52. The van der Waals surface area contributed by atoms with Crippen molar-refractivity contribution in [1.29, 1.82) is 0 Å². The Balaban J connectivity index is 1.70. The molecule has 0 amide bonds. The van der Waals surface area contributed by atoms with Crippen molar-refractivity contribution in [2.24, 2.45) is 0 Å². The average molecular weight is 261 g/mol. The van der Waals surface area contributed by atoms with Gasteiger partial charge in [0.25, 0.3) is 0 Å². The van der Waals surface area contributed by atoms with Crippen molar-refractivity contribution in [1.82, 2.24) is 9.88 Å². The van der Waals surface area contributed by atoms with E-state index in [-0.39, 0.29) is 0 Å². The van der Waals surface area contributed by atoms with Crippen molar-refractivity contribution in [3.63, 3.8) is 0 Å². The van der Waals surface area contributed by atoms with Crippen LogP contribution in [-0.2, 0) is 11.3 Å². The molecular weight excluding hydrogens is 238 g/mol. The number of hydrogen-bond donors (Lipinski definition) is 1. The van der Waals surface area contributed by atoms with Crippen LogP contribution in [0.4, 0.5) is 5.82 Å². The summed E-state index contributed by atoms with van der Waals surface area (Å²) in [5.74, 6) is 0.950. The minimum absolute atomic E-state index is 0.466. The van der Waals surface area contributed by atoms with Crippen LogP contribution in [-0.4, -0.2) is 42.2 Å². The summed E-state index contributed by atoms with van der Waals surface area (Å²) in [6, 6.07) is 4.88. The number of ether oxygens (including phenoxy) is 1. The van der Waals surface area contributed by atoms with E-state index in [2.05, 4.69) is 27.3 Å². The largest absolute Gasteiger partial charge is 0.375 e. The van der Waals surface area contributed by atoms with E-state index in [1.54, 1.807) is 0 Å². The van der Waals surface area contributed by atoms with Crippen LogP contribution in [0.2, 0.25) is 0 Å². The van der Waals surface area contributed by atoms with Gasteiger partial charge in [0.15, 0.2) is 0 Å². The number of hydrogen-bond acceptors (Lipinski definition) is 4. The van der Waals surface area contributed by atoms with E-state index in [0.717, 1.165) is 25.5 Å². The summed E-state index contributed by atoms with van der Waals surface area (Å²) in [6.45, 7) is 2.95. The van der Waals surface area contributed by atoms with Crippen LogP contribution in [0.25, 0.3) is 0 Å². The molecule has 2 fully saturated rings. The molecule has 0 aromatic carbocycles. The second-order valence-electron chi connectivity index (χ2n) is 5.53. The first-order valence-electron chi connectivity index (χ1n) is 7.35. The first-order chi connectivity index (χ1) is 9.36. The monoisotopic (exact) mass is 261 g/mol. The Morgan fingerprint density at radius 2 is 2.32 bits per heavy atom. The summed E-state index contributed by atoms with van der Waals surface area (Å²) >= 11 is 0. The van der Waals surface area contributed by atoms with E-state index in [9.17, 15) is 0 Å². The zero-order chi connectivity index (χ0) is 13.1. The lowest BCUT2D eigenvalue weighted by molar-refractivity contribution is -0.0911. The molecule has 1 saturated carbocycles. The lowest BCUT2D eigenvalue weighted by Gasteiger charge is -2.43. The second-order valence-corrected chi connectivity index (χ2v) is 5.53. The third-order valence-corrected chi connectivity index (χ3v) is 4.31. The van der Waals surface area contributed by atoms with E-state index in [0.29, 0.717) is 12.1 Å². The summed E-state index contributed by atoms with van der Waals surface area (Å²) < 4.78 is 5.93. The third kappa shape index (κ3) is 2.90. The number of morpholine rings is 1. The molecule has 2 heterocycles. The highest BCUT2D eigenvalue weighted by atomic mass is 16.5. The van der Waals surface area contributed by atoms with Gasteiger partial charge in [-0.15, -0.1) is 0 Å². The number of aromatic nitrogens is 1. The van der Waals surface area contributed by atoms with Crippen LogP contribution in [0.3, 0.4) is 0 Å². The van der Waals surface area contributed by atoms with Crippen molar-refractivity contribution >= 4 is 5.82 Å². The van der Waals surface area contributed by atoms with Gasteiger partial charge in [-0.1, -0.05) is 12.8 Å². The highest BCUT2D eigenvalue weighted by Gasteiger charge is 2.33. The van der Waals surface area contributed by atoms with Crippen molar-refractivity contribution in [3.8, 4) is 0 Å². The Kier molecular flexibility index (Phi) is 3.99. The number of rotatable bonds is 3. The Hall–Kier alpha value is -1.13. The molecule has 4 heteroatoms. The van der Waals surface area contributed by atoms with Crippen molar-refractivity contribution in [2.75, 3.05) is 25.5 Å². The van der Waals surface area contributed by atoms with E-state index < -0.39 is 0 Å². The molecule has 104 valence electrons. The summed E-state index contributed by atoms with van der Waals surface area (Å²) in [5, 5.41) is 3.11. The number of nitrogens with zero attached hydrogens (tertiary/aromatic N) is 2. The van der Waals surface area contributed by atoms with Gasteiger partial charge >= 0.3 is 0 Å². The predicted molar refractivity (Wildman–Crippen MR) is 76.2 cm³/mol. The van der Waals surface area contributed by atoms with E-state index in [4.69, 9.17) is 4.74 Å². The molecule has 2 unspecified atom stereocenters. The molecule has 1 N–H and O–H groups in total. The van der Waals surface area contributed by atoms with E-state index >= 15 is 0 Å². The highest BCUT2D eigenvalue weighted by molar-refractivity contribution is 5.36. The molecule has 1 saturated heterocycles. The van der Waals surface area contributed by atoms with Gasteiger partial charge in [-0.2, -0.15) is 0 Å². The van der Waals surface area contributed by atoms with Crippen LogP contribution < -0.4 is 5.32 Å². The van der Waals surface area contributed by atoms with Crippen LogP contribution in [0.1, 0.15) is 31.2 Å². The van der Waals surface area contributed by atoms with Gasteiger partial charge in [0.1, 0.15) is 5.82 Å². The van der Waals surface area contributed by atoms with Crippen molar-refractivity contribution in [3.05, 3.63) is 23.9 Å². The highest BCUT2D eigenvalue weighted by Crippen LogP contribution is 2.29. The fourth-order valence-electron chi connectivity index (χ4n) is 3.32. The van der Waals surface area contributed by atoms with Gasteiger partial charge in [0, 0.05) is 32.4 Å². The minimum Gasteiger partial charge on any atom is -0.375 e. The molecule has 0 radical (unpaired) electrons. The Labute approximate surface area is 115 Å². The van der Waals surface area contributed by atoms with Crippen LogP contribution in [0.15, 0.2) is 18.3 Å². The van der Waals surface area contributed by atoms with Gasteiger partial charge in [-0.05, 0) is 30.5 Å². The Morgan fingerprint density at radius 1 is 1.42 bits per heavy atom. The van der Waals surface area contributed by atoms with Gasteiger partial charge in [-0.25, -0.2) is 4.98 Å². The number of nitrogens with one attached hydrogen (secondary N) is 1. The molecule has 1 aromatic rings. The molecule has 2 atom stereocenters. The van der Waals surface area contributed by atoms with Gasteiger partial charge in [-0.3, -0.25) is 4.90 Å². The van der Waals surface area contributed by atoms with Gasteiger partial charge in [0.2, 0.25) is 0 Å². The standard InChI is InChI=1S/C15H23N3O/c1-16-15-10-12(6-7-17-15)11-18-8-9-19-14-5-3-2-4-13(14)18/h6-7,10,13-14H,2-5,8-9,11H2,1H3,(H,16,17). The molecule has 0 bridgehead atoms. The first kappa shape index (κ1) is 12.9. The summed E-state index contributed by atoms with van der Waals surface area (Å²) in [6.07, 6.45) is 7.55. The smallest absolute Gasteiger partial charge is 0.125 e. The summed E-state index contributed by atoms with van der Waals surface area (Å²) in [7, 11) is 1.91. The Morgan fingerprint density at radius 3 is 3.21 bits per heavy atom. The van der Waals surface area contributed by atoms with Crippen LogP contribution >= 0.6 is 0 Å². The quantitative estimate of drug-likeness (QED) is 0.905. The molecular formula is C15H23N3O. The molecule has 19 heavy (non-hydrogen) atoms. The second kappa shape index (κ2) is 5.88. The fraction of sp³-hybridized carbons (Fsp3) is 0.667. The zero-order valence-electron chi connectivity index (χ0n) is 11.6. The van der Waals surface area contributed by atoms with Gasteiger partial charge in [0.05, 0.1) is 12.7 Å². The van der Waals surface area contributed by atoms with Crippen molar-refractivity contribution in [2.45, 2.75) is 44.4 Å². The number of fused-ring (bicyclic) bond motifs is 1. The first-order valence-corrected chi connectivity index (χ1v) is 7.35. The van der Waals surface area contributed by atoms with Crippen molar-refractivity contribution < 1.29 is 4.74 Å². The maximum Gasteiger partial charge on any atom is 0.125 e. The minimum atomic E-state index is 0.466. The third-order valence-electron chi connectivity index (χ3n) is 4.31. The molecule has 1 aromatic heterocycles. The molecule has 4 nitrogen and oxygen atoms in total. The molecule has 0 spiro atoms. The molecule has 3 rings (SSSR count). The zero-order valence-corrected chi connectivity index (χ0v) is 11.6. The molecule has 1 aliphatic heterocycles. The summed E-state index contributed by atoms with van der Waals surface area (Å²) in [4.78, 5) is 6.88. The fourth-order valence-corrected chi connectivity index (χ4v) is 3.32. The van der Waals surface area contributed by atoms with E-state index in [1.807, 2.05) is 13.2 Å². The van der Waals surface area contributed by atoms with Crippen LogP contribution in [0, 0.1) is 0 Å². The topological polar surface area (TPSA) is 37.4 Å². The molecule has 2 aliphatic rings. The predicted octanol–water partition coefficient (Wildman–Crippen LogP) is 2.27. The average Bonchev–Trinajstić information content (AvgIpc) is 2.48.